The Morgan fingerprint density at radius 1 is 0.966 bits per heavy atom. The Balaban J connectivity index is 1.84. The number of ether oxygens (including phenoxy) is 1. The van der Waals surface area contributed by atoms with Gasteiger partial charge >= 0.3 is 0 Å². The van der Waals surface area contributed by atoms with Gasteiger partial charge in [-0.15, -0.1) is 0 Å². The van der Waals surface area contributed by atoms with E-state index in [-0.39, 0.29) is 9.80 Å². The first-order valence-corrected chi connectivity index (χ1v) is 10.7. The lowest BCUT2D eigenvalue weighted by molar-refractivity contribution is 0.306. The van der Waals surface area contributed by atoms with E-state index in [1.807, 2.05) is 12.1 Å². The topological polar surface area (TPSA) is 67.2 Å². The lowest BCUT2D eigenvalue weighted by atomic mass is 10.2. The van der Waals surface area contributed by atoms with Crippen LogP contribution >= 0.6 is 23.2 Å². The van der Waals surface area contributed by atoms with Gasteiger partial charge in [0.05, 0.1) is 4.90 Å². The molecule has 29 heavy (non-hydrogen) atoms. The molecule has 0 aliphatic carbocycles. The molecule has 0 atom stereocenters. The van der Waals surface area contributed by atoms with Crippen LogP contribution in [0.4, 0.5) is 0 Å². The first-order chi connectivity index (χ1) is 13.9. The molecule has 146 valence electrons. The van der Waals surface area contributed by atoms with Gasteiger partial charge in [-0.2, -0.15) is 5.26 Å². The molecule has 0 bridgehead atoms. The summed E-state index contributed by atoms with van der Waals surface area (Å²) in [6, 6.07) is 21.6. The summed E-state index contributed by atoms with van der Waals surface area (Å²) in [5.74, 6) is 0.542. The summed E-state index contributed by atoms with van der Waals surface area (Å²) in [6.07, 6.45) is 1.32. The Hall–Kier alpha value is -2.78. The summed E-state index contributed by atoms with van der Waals surface area (Å²) in [5, 5.41) is 10.5. The monoisotopic (exact) mass is 443 g/mol. The number of hydrogen-bond acceptors (Lipinski definition) is 4. The predicted molar refractivity (Wildman–Crippen MR) is 114 cm³/mol. The van der Waals surface area contributed by atoms with E-state index >= 15 is 0 Å². The molecule has 0 N–H and O–H groups in total. The maximum atomic E-state index is 12.7. The van der Waals surface area contributed by atoms with Gasteiger partial charge in [0.15, 0.2) is 0 Å². The average Bonchev–Trinajstić information content (AvgIpc) is 2.71. The number of rotatable bonds is 6. The van der Waals surface area contributed by atoms with E-state index in [2.05, 4.69) is 0 Å². The van der Waals surface area contributed by atoms with E-state index in [9.17, 15) is 13.7 Å². The molecule has 0 fully saturated rings. The second-order valence-electron chi connectivity index (χ2n) is 6.07. The minimum Gasteiger partial charge on any atom is -0.489 e. The van der Waals surface area contributed by atoms with Gasteiger partial charge in [0, 0.05) is 10.0 Å². The van der Waals surface area contributed by atoms with Crippen LogP contribution in [0.2, 0.25) is 10.0 Å². The fourth-order valence-electron chi connectivity index (χ4n) is 2.55. The Morgan fingerprint density at radius 3 is 2.38 bits per heavy atom. The molecular formula is C22H15Cl2NO3S. The Labute approximate surface area is 179 Å². The summed E-state index contributed by atoms with van der Waals surface area (Å²) in [4.78, 5) is -0.366. The standard InChI is InChI=1S/C22H15Cl2NO3S/c23-18-7-9-21(10-8-18)29(26,27)22(14-25)13-16-3-2-6-20(12-16)28-15-17-4-1-5-19(24)11-17/h1-13H,15H2. The Bertz CT molecular complexity index is 1200. The van der Waals surface area contributed by atoms with E-state index in [4.69, 9.17) is 27.9 Å². The predicted octanol–water partition coefficient (Wildman–Crippen LogP) is 5.91. The van der Waals surface area contributed by atoms with Crippen molar-refractivity contribution in [2.75, 3.05) is 0 Å². The smallest absolute Gasteiger partial charge is 0.216 e. The molecule has 3 aromatic rings. The quantitative estimate of drug-likeness (QED) is 0.444. The number of nitrogens with zero attached hydrogens (tertiary/aromatic N) is 1. The van der Waals surface area contributed by atoms with Crippen molar-refractivity contribution < 1.29 is 13.2 Å². The highest BCUT2D eigenvalue weighted by atomic mass is 35.5. The number of sulfone groups is 1. The van der Waals surface area contributed by atoms with Gasteiger partial charge < -0.3 is 4.74 Å². The molecule has 0 amide bonds. The molecule has 7 heteroatoms. The zero-order valence-corrected chi connectivity index (χ0v) is 17.4. The highest BCUT2D eigenvalue weighted by Crippen LogP contribution is 2.24. The van der Waals surface area contributed by atoms with E-state index in [0.29, 0.717) is 28.0 Å². The molecule has 0 radical (unpaired) electrons. The van der Waals surface area contributed by atoms with Crippen LogP contribution in [0.5, 0.6) is 5.75 Å². The molecule has 0 saturated carbocycles. The summed E-state index contributed by atoms with van der Waals surface area (Å²) < 4.78 is 31.2. The Morgan fingerprint density at radius 2 is 1.69 bits per heavy atom. The van der Waals surface area contributed by atoms with Crippen LogP contribution in [0.3, 0.4) is 0 Å². The minimum atomic E-state index is -3.95. The molecular weight excluding hydrogens is 429 g/mol. The van der Waals surface area contributed by atoms with E-state index in [1.165, 1.54) is 30.3 Å². The van der Waals surface area contributed by atoms with Crippen LogP contribution in [-0.2, 0) is 16.4 Å². The lowest BCUT2D eigenvalue weighted by Crippen LogP contribution is -2.03. The SMILES string of the molecule is N#CC(=Cc1cccc(OCc2cccc(Cl)c2)c1)S(=O)(=O)c1ccc(Cl)cc1. The molecule has 3 aromatic carbocycles. The highest BCUT2D eigenvalue weighted by Gasteiger charge is 2.20. The zero-order valence-electron chi connectivity index (χ0n) is 15.0. The minimum absolute atomic E-state index is 0.00283. The van der Waals surface area contributed by atoms with Crippen molar-refractivity contribution in [2.24, 2.45) is 0 Å². The molecule has 0 aromatic heterocycles. The number of halogens is 2. The molecule has 4 nitrogen and oxygen atoms in total. The first-order valence-electron chi connectivity index (χ1n) is 8.48. The van der Waals surface area contributed by atoms with Gasteiger partial charge in [0.1, 0.15) is 23.3 Å². The van der Waals surface area contributed by atoms with Gasteiger partial charge in [0.2, 0.25) is 9.84 Å². The molecule has 0 aliphatic heterocycles. The van der Waals surface area contributed by atoms with Gasteiger partial charge in [-0.05, 0) is 65.7 Å². The van der Waals surface area contributed by atoms with Crippen LogP contribution in [-0.4, -0.2) is 8.42 Å². The maximum absolute atomic E-state index is 12.7. The van der Waals surface area contributed by atoms with Crippen molar-refractivity contribution in [2.45, 2.75) is 11.5 Å². The molecule has 0 heterocycles. The second kappa shape index (κ2) is 9.15. The van der Waals surface area contributed by atoms with Gasteiger partial charge in [-0.1, -0.05) is 47.5 Å². The van der Waals surface area contributed by atoms with Crippen molar-refractivity contribution >= 4 is 39.1 Å². The zero-order chi connectivity index (χ0) is 20.9. The van der Waals surface area contributed by atoms with Crippen molar-refractivity contribution in [3.8, 4) is 11.8 Å². The molecule has 0 spiro atoms. The van der Waals surface area contributed by atoms with E-state index in [0.717, 1.165) is 5.56 Å². The third-order valence-electron chi connectivity index (χ3n) is 3.97. The van der Waals surface area contributed by atoms with Crippen LogP contribution in [0.25, 0.3) is 6.08 Å². The number of nitriles is 1. The third-order valence-corrected chi connectivity index (χ3v) is 6.14. The average molecular weight is 444 g/mol. The lowest BCUT2D eigenvalue weighted by Gasteiger charge is -2.08. The molecule has 0 unspecified atom stereocenters. The maximum Gasteiger partial charge on any atom is 0.216 e. The van der Waals surface area contributed by atoms with Gasteiger partial charge in [-0.3, -0.25) is 0 Å². The van der Waals surface area contributed by atoms with Crippen LogP contribution < -0.4 is 4.74 Å². The summed E-state index contributed by atoms with van der Waals surface area (Å²) >= 11 is 11.8. The molecule has 0 saturated heterocycles. The normalized spacial score (nSPS) is 11.7. The molecule has 0 aliphatic rings. The number of allylic oxidation sites excluding steroid dienone is 1. The van der Waals surface area contributed by atoms with Crippen molar-refractivity contribution in [3.05, 3.63) is 98.9 Å². The second-order valence-corrected chi connectivity index (χ2v) is 8.86. The van der Waals surface area contributed by atoms with E-state index in [1.54, 1.807) is 42.5 Å². The number of hydrogen-bond donors (Lipinski definition) is 0. The van der Waals surface area contributed by atoms with Crippen molar-refractivity contribution in [1.29, 1.82) is 5.26 Å². The van der Waals surface area contributed by atoms with Crippen molar-refractivity contribution in [1.82, 2.24) is 0 Å². The molecule has 3 rings (SSSR count). The fourth-order valence-corrected chi connectivity index (χ4v) is 4.05. The van der Waals surface area contributed by atoms with Gasteiger partial charge in [0.25, 0.3) is 0 Å². The third kappa shape index (κ3) is 5.39. The number of benzene rings is 3. The van der Waals surface area contributed by atoms with Crippen molar-refractivity contribution in [3.63, 3.8) is 0 Å². The van der Waals surface area contributed by atoms with Crippen LogP contribution in [0.15, 0.2) is 82.6 Å². The van der Waals surface area contributed by atoms with Crippen LogP contribution in [0.1, 0.15) is 11.1 Å². The first kappa shape index (κ1) is 20.9. The highest BCUT2D eigenvalue weighted by molar-refractivity contribution is 7.95. The van der Waals surface area contributed by atoms with Crippen LogP contribution in [0, 0.1) is 11.3 Å². The largest absolute Gasteiger partial charge is 0.489 e. The van der Waals surface area contributed by atoms with E-state index < -0.39 is 9.84 Å². The van der Waals surface area contributed by atoms with Gasteiger partial charge in [-0.25, -0.2) is 8.42 Å². The fraction of sp³-hybridized carbons (Fsp3) is 0.0455. The summed E-state index contributed by atoms with van der Waals surface area (Å²) in [7, 11) is -3.95. The summed E-state index contributed by atoms with van der Waals surface area (Å²) in [5.41, 5.74) is 1.43. The Kier molecular flexibility index (Phi) is 6.60. The summed E-state index contributed by atoms with van der Waals surface area (Å²) in [6.45, 7) is 0.307.